The highest BCUT2D eigenvalue weighted by molar-refractivity contribution is 9.10. The number of hydrogen-bond acceptors (Lipinski definition) is 11. The molecular formula is C27H33BrN6O6S. The Morgan fingerprint density at radius 1 is 1.22 bits per heavy atom. The number of hydrogen-bond donors (Lipinski definition) is 1. The predicted molar refractivity (Wildman–Crippen MR) is 154 cm³/mol. The number of carbonyl (C=O) groups excluding carboxylic acids is 2. The van der Waals surface area contributed by atoms with E-state index < -0.39 is 23.7 Å². The first kappa shape index (κ1) is 29.2. The van der Waals surface area contributed by atoms with Crippen LogP contribution in [0, 0.1) is 5.92 Å². The Morgan fingerprint density at radius 3 is 2.71 bits per heavy atom. The van der Waals surface area contributed by atoms with E-state index in [2.05, 4.69) is 25.9 Å². The molecule has 0 aliphatic carbocycles. The Balaban J connectivity index is 1.29. The quantitative estimate of drug-likeness (QED) is 0.347. The van der Waals surface area contributed by atoms with E-state index in [0.29, 0.717) is 53.5 Å². The number of esters is 1. The van der Waals surface area contributed by atoms with Crippen molar-refractivity contribution in [2.75, 3.05) is 25.7 Å². The lowest BCUT2D eigenvalue weighted by molar-refractivity contribution is -0.151. The van der Waals surface area contributed by atoms with Gasteiger partial charge in [0.1, 0.15) is 11.6 Å². The average molecular weight is 650 g/mol. The zero-order valence-electron chi connectivity index (χ0n) is 23.4. The van der Waals surface area contributed by atoms with Crippen LogP contribution in [0.4, 0.5) is 10.6 Å². The number of piperidine rings is 1. The number of benzene rings is 1. The first-order valence-electron chi connectivity index (χ1n) is 13.4. The molecule has 2 atom stereocenters. The fourth-order valence-corrected chi connectivity index (χ4v) is 6.19. The second kappa shape index (κ2) is 11.9. The summed E-state index contributed by atoms with van der Waals surface area (Å²) in [5.74, 6) is 2.04. The molecule has 4 aliphatic rings. The van der Waals surface area contributed by atoms with Crippen LogP contribution in [0.5, 0.6) is 11.5 Å². The molecule has 4 aliphatic heterocycles. The number of nitrogens with two attached hydrogens (primary N) is 1. The minimum atomic E-state index is -0.694. The molecule has 0 bridgehead atoms. The summed E-state index contributed by atoms with van der Waals surface area (Å²) in [6.07, 6.45) is 3.12. The SMILES string of the molecule is CCOC(=O)C1CC(CCn2cnc(N)c3nc(Sc4cc5c(cc4Br)OCO5)nc2-3)CCN1C(=O)OC(C)(C)C. The number of likely N-dealkylation sites (tertiary alicyclic amines) is 1. The molecule has 5 rings (SSSR count). The van der Waals surface area contributed by atoms with Gasteiger partial charge in [0.05, 0.1) is 12.9 Å². The number of ether oxygens (including phenoxy) is 4. The van der Waals surface area contributed by atoms with E-state index >= 15 is 0 Å². The maximum atomic E-state index is 12.8. The molecule has 0 radical (unpaired) electrons. The number of aryl methyl sites for hydroxylation is 1. The second-order valence-electron chi connectivity index (χ2n) is 10.9. The summed E-state index contributed by atoms with van der Waals surface area (Å²) in [7, 11) is 0. The molecule has 0 aromatic heterocycles. The smallest absolute Gasteiger partial charge is 0.411 e. The van der Waals surface area contributed by atoms with Gasteiger partial charge in [0.25, 0.3) is 0 Å². The Kier molecular flexibility index (Phi) is 8.50. The van der Waals surface area contributed by atoms with Crippen molar-refractivity contribution in [1.29, 1.82) is 0 Å². The molecule has 2 unspecified atom stereocenters. The molecule has 14 heteroatoms. The van der Waals surface area contributed by atoms with Crippen molar-refractivity contribution in [2.45, 2.75) is 75.2 Å². The minimum absolute atomic E-state index is 0.171. The highest BCUT2D eigenvalue weighted by Gasteiger charge is 2.39. The molecule has 12 nitrogen and oxygen atoms in total. The van der Waals surface area contributed by atoms with Crippen LogP contribution in [0.25, 0.3) is 11.5 Å². The largest absolute Gasteiger partial charge is 0.464 e. The second-order valence-corrected chi connectivity index (χ2v) is 12.7. The Labute approximate surface area is 250 Å². The Bertz CT molecular complexity index is 1410. The van der Waals surface area contributed by atoms with Crippen LogP contribution in [-0.2, 0) is 20.8 Å². The number of imidazole rings is 1. The lowest BCUT2D eigenvalue weighted by Gasteiger charge is -2.38. The molecule has 1 saturated heterocycles. The highest BCUT2D eigenvalue weighted by atomic mass is 79.9. The predicted octanol–water partition coefficient (Wildman–Crippen LogP) is 4.97. The van der Waals surface area contributed by atoms with Crippen molar-refractivity contribution < 1.29 is 28.5 Å². The fraction of sp³-hybridized carbons (Fsp3) is 0.519. The molecular weight excluding hydrogens is 616 g/mol. The molecule has 1 amide bonds. The van der Waals surface area contributed by atoms with Crippen molar-refractivity contribution >= 4 is 45.6 Å². The van der Waals surface area contributed by atoms with Crippen molar-refractivity contribution in [1.82, 2.24) is 24.4 Å². The summed E-state index contributed by atoms with van der Waals surface area (Å²) >= 11 is 4.96. The number of amides is 1. The Morgan fingerprint density at radius 2 is 1.98 bits per heavy atom. The van der Waals surface area contributed by atoms with E-state index in [9.17, 15) is 9.59 Å². The maximum absolute atomic E-state index is 12.8. The van der Waals surface area contributed by atoms with E-state index in [1.165, 1.54) is 16.7 Å². The molecule has 0 spiro atoms. The summed E-state index contributed by atoms with van der Waals surface area (Å²) in [5, 5.41) is 0.529. The third-order valence-electron chi connectivity index (χ3n) is 6.78. The van der Waals surface area contributed by atoms with Gasteiger partial charge in [0.15, 0.2) is 34.0 Å². The fourth-order valence-electron chi connectivity index (χ4n) is 4.84. The van der Waals surface area contributed by atoms with Gasteiger partial charge in [-0.3, -0.25) is 4.90 Å². The first-order chi connectivity index (χ1) is 19.5. The van der Waals surface area contributed by atoms with Gasteiger partial charge in [-0.15, -0.1) is 0 Å². The van der Waals surface area contributed by atoms with E-state index in [0.717, 1.165) is 22.2 Å². The van der Waals surface area contributed by atoms with E-state index in [1.807, 2.05) is 16.7 Å². The minimum Gasteiger partial charge on any atom is -0.464 e. The molecule has 220 valence electrons. The van der Waals surface area contributed by atoms with E-state index in [1.54, 1.807) is 34.0 Å². The number of fused-ring (bicyclic) bond motifs is 2. The van der Waals surface area contributed by atoms with Gasteiger partial charge in [-0.05, 0) is 92.7 Å². The van der Waals surface area contributed by atoms with Crippen molar-refractivity contribution in [2.24, 2.45) is 5.92 Å². The van der Waals surface area contributed by atoms with Gasteiger partial charge in [-0.2, -0.15) is 0 Å². The van der Waals surface area contributed by atoms with Crippen LogP contribution in [0.15, 0.2) is 33.0 Å². The summed E-state index contributed by atoms with van der Waals surface area (Å²) in [6.45, 7) is 8.60. The highest BCUT2D eigenvalue weighted by Crippen LogP contribution is 2.43. The van der Waals surface area contributed by atoms with Gasteiger partial charge < -0.3 is 29.2 Å². The Hall–Kier alpha value is -3.26. The maximum Gasteiger partial charge on any atom is 0.411 e. The molecule has 0 saturated carbocycles. The van der Waals surface area contributed by atoms with Gasteiger partial charge in [-0.25, -0.2) is 24.5 Å². The number of nitrogen functional groups attached to an aromatic ring is 1. The van der Waals surface area contributed by atoms with Gasteiger partial charge in [-0.1, -0.05) is 0 Å². The average Bonchev–Trinajstić information content (AvgIpc) is 3.55. The number of halogens is 1. The normalized spacial score (nSPS) is 18.5. The lowest BCUT2D eigenvalue weighted by Crippen LogP contribution is -2.52. The van der Waals surface area contributed by atoms with Crippen molar-refractivity contribution in [3.63, 3.8) is 0 Å². The van der Waals surface area contributed by atoms with Gasteiger partial charge in [0, 0.05) is 22.5 Å². The van der Waals surface area contributed by atoms with Crippen molar-refractivity contribution in [3.8, 4) is 23.0 Å². The standard InChI is InChI=1S/C27H33BrN6O6S/c1-5-37-24(35)17-10-15(7-9-34(17)26(36)40-27(2,3)4)6-8-33-13-30-22(29)21-23(33)32-25(31-21)41-20-12-19-18(11-16(20)28)38-14-39-19/h11-13,15,17H,5-10,14,29H2,1-4H3. The van der Waals surface area contributed by atoms with Crippen LogP contribution in [-0.4, -0.2) is 68.1 Å². The number of nitrogens with zero attached hydrogens (tertiary/aromatic N) is 5. The van der Waals surface area contributed by atoms with Crippen molar-refractivity contribution in [3.05, 3.63) is 22.9 Å². The van der Waals surface area contributed by atoms with E-state index in [4.69, 9.17) is 29.7 Å². The molecule has 1 fully saturated rings. The molecule has 4 heterocycles. The van der Waals surface area contributed by atoms with Crippen LogP contribution in [0.3, 0.4) is 0 Å². The summed E-state index contributed by atoms with van der Waals surface area (Å²) in [5.41, 5.74) is 6.02. The van der Waals surface area contributed by atoms with Crippen LogP contribution in [0.2, 0.25) is 0 Å². The monoisotopic (exact) mass is 648 g/mol. The van der Waals surface area contributed by atoms with Crippen LogP contribution >= 0.6 is 27.7 Å². The molecule has 1 aromatic rings. The first-order valence-corrected chi connectivity index (χ1v) is 15.0. The van der Waals surface area contributed by atoms with E-state index in [-0.39, 0.29) is 19.3 Å². The molecule has 2 N–H and O–H groups in total. The molecule has 1 aromatic carbocycles. The zero-order valence-corrected chi connectivity index (χ0v) is 25.8. The van der Waals surface area contributed by atoms with Crippen LogP contribution < -0.4 is 15.2 Å². The number of rotatable bonds is 7. The number of aromatic nitrogens is 4. The number of carbonyl (C=O) groups is 2. The lowest BCUT2D eigenvalue weighted by atomic mass is 9.88. The zero-order chi connectivity index (χ0) is 29.3. The third kappa shape index (κ3) is 6.64. The van der Waals surface area contributed by atoms with Gasteiger partial charge >= 0.3 is 12.1 Å². The number of anilines is 1. The third-order valence-corrected chi connectivity index (χ3v) is 8.62. The summed E-state index contributed by atoms with van der Waals surface area (Å²) in [4.78, 5) is 41.8. The molecule has 41 heavy (non-hydrogen) atoms. The summed E-state index contributed by atoms with van der Waals surface area (Å²) < 4.78 is 24.6. The van der Waals surface area contributed by atoms with Gasteiger partial charge in [0.2, 0.25) is 6.79 Å². The van der Waals surface area contributed by atoms with Crippen LogP contribution in [0.1, 0.15) is 47.0 Å². The topological polar surface area (TPSA) is 144 Å². The summed E-state index contributed by atoms with van der Waals surface area (Å²) in [6, 6.07) is 3.05.